The van der Waals surface area contributed by atoms with Gasteiger partial charge in [-0.1, -0.05) is 12.1 Å². The number of benzene rings is 2. The molecule has 2 amide bonds. The molecule has 1 saturated heterocycles. The number of amides is 2. The van der Waals surface area contributed by atoms with E-state index in [4.69, 9.17) is 4.74 Å². The Hall–Kier alpha value is -5.02. The van der Waals surface area contributed by atoms with Crippen molar-refractivity contribution in [1.82, 2.24) is 30.0 Å². The first-order valence-corrected chi connectivity index (χ1v) is 14.2. The number of hydrogen-bond donors (Lipinski definition) is 4. The number of aromatic nitrogens is 4. The van der Waals surface area contributed by atoms with Gasteiger partial charge in [-0.25, -0.2) is 9.97 Å². The Balaban J connectivity index is 1.36. The lowest BCUT2D eigenvalue weighted by Crippen LogP contribution is -2.39. The molecule has 3 heterocycles. The van der Waals surface area contributed by atoms with Gasteiger partial charge in [-0.05, 0) is 42.8 Å². The van der Waals surface area contributed by atoms with Crippen LogP contribution in [0.2, 0.25) is 0 Å². The Morgan fingerprint density at radius 3 is 2.56 bits per heavy atom. The second-order valence-electron chi connectivity index (χ2n) is 10.2. The van der Waals surface area contributed by atoms with E-state index in [0.717, 1.165) is 37.3 Å². The number of carbonyl (C=O) groups excluding carboxylic acids is 2. The van der Waals surface area contributed by atoms with Crippen LogP contribution >= 0.6 is 0 Å². The van der Waals surface area contributed by atoms with Crippen LogP contribution < -0.4 is 21.3 Å². The summed E-state index contributed by atoms with van der Waals surface area (Å²) >= 11 is 0. The van der Waals surface area contributed by atoms with Gasteiger partial charge in [0.15, 0.2) is 11.5 Å². The standard InChI is InChI=1S/C30H32F3N9O3/c1-19-6-7-22(38-28(43)20-4-3-5-21(14-20)30(31,32)33)15-23(19)39-27-16-24(29(44)34-2)40-42(27)26-17-25(36-18-37-26)35-8-9-41-10-12-45-13-11-41/h3-7,14-18,39H,8-13H2,1-2H3,(H,34,44)(H,38,43)(H,35,36,37). The molecule has 5 rings (SSSR count). The molecular weight excluding hydrogens is 591 g/mol. The molecule has 0 unspecified atom stereocenters. The summed E-state index contributed by atoms with van der Waals surface area (Å²) in [5.41, 5.74) is 0.769. The Morgan fingerprint density at radius 1 is 1.00 bits per heavy atom. The van der Waals surface area contributed by atoms with Gasteiger partial charge in [0.25, 0.3) is 11.8 Å². The number of alkyl halides is 3. The fraction of sp³-hybridized carbons (Fsp3) is 0.300. The minimum Gasteiger partial charge on any atom is -0.379 e. The molecule has 0 saturated carbocycles. The molecule has 1 aliphatic heterocycles. The molecule has 0 atom stereocenters. The van der Waals surface area contributed by atoms with Gasteiger partial charge in [0, 0.05) is 62.3 Å². The molecule has 4 aromatic rings. The molecule has 12 nitrogen and oxygen atoms in total. The molecular formula is C30H32F3N9O3. The maximum absolute atomic E-state index is 13.2. The number of rotatable bonds is 10. The molecule has 236 valence electrons. The first-order chi connectivity index (χ1) is 21.6. The van der Waals surface area contributed by atoms with Crippen molar-refractivity contribution in [2.24, 2.45) is 0 Å². The average Bonchev–Trinajstić information content (AvgIpc) is 3.46. The number of carbonyl (C=O) groups is 2. The van der Waals surface area contributed by atoms with E-state index >= 15 is 0 Å². The lowest BCUT2D eigenvalue weighted by molar-refractivity contribution is -0.137. The highest BCUT2D eigenvalue weighted by Crippen LogP contribution is 2.30. The van der Waals surface area contributed by atoms with Gasteiger partial charge in [0.05, 0.1) is 18.8 Å². The van der Waals surface area contributed by atoms with E-state index < -0.39 is 23.6 Å². The smallest absolute Gasteiger partial charge is 0.379 e. The molecule has 2 aromatic heterocycles. The first-order valence-electron chi connectivity index (χ1n) is 14.2. The third-order valence-corrected chi connectivity index (χ3v) is 7.09. The number of ether oxygens (including phenoxy) is 1. The normalized spacial score (nSPS) is 13.7. The monoisotopic (exact) mass is 623 g/mol. The summed E-state index contributed by atoms with van der Waals surface area (Å²) in [5.74, 6) is 0.261. The summed E-state index contributed by atoms with van der Waals surface area (Å²) in [6.45, 7) is 6.48. The van der Waals surface area contributed by atoms with Crippen LogP contribution in [-0.2, 0) is 10.9 Å². The largest absolute Gasteiger partial charge is 0.416 e. The van der Waals surface area contributed by atoms with Crippen molar-refractivity contribution >= 4 is 34.8 Å². The summed E-state index contributed by atoms with van der Waals surface area (Å²) in [4.78, 5) is 36.3. The van der Waals surface area contributed by atoms with E-state index in [0.29, 0.717) is 48.6 Å². The van der Waals surface area contributed by atoms with Gasteiger partial charge in [0.2, 0.25) is 0 Å². The number of anilines is 4. The third-order valence-electron chi connectivity index (χ3n) is 7.09. The molecule has 0 bridgehead atoms. The molecule has 2 aromatic carbocycles. The zero-order valence-electron chi connectivity index (χ0n) is 24.6. The van der Waals surface area contributed by atoms with Crippen LogP contribution in [0.4, 0.5) is 36.2 Å². The number of nitrogens with zero attached hydrogens (tertiary/aromatic N) is 5. The predicted octanol–water partition coefficient (Wildman–Crippen LogP) is 4.09. The fourth-order valence-electron chi connectivity index (χ4n) is 4.62. The zero-order valence-corrected chi connectivity index (χ0v) is 24.6. The lowest BCUT2D eigenvalue weighted by atomic mass is 10.1. The number of halogens is 3. The van der Waals surface area contributed by atoms with E-state index in [1.165, 1.54) is 30.2 Å². The Bertz CT molecular complexity index is 1670. The minimum atomic E-state index is -4.57. The summed E-state index contributed by atoms with van der Waals surface area (Å²) in [5, 5.41) is 16.2. The first kappa shape index (κ1) is 31.4. The van der Waals surface area contributed by atoms with Crippen LogP contribution in [0.3, 0.4) is 0 Å². The van der Waals surface area contributed by atoms with Gasteiger partial charge >= 0.3 is 6.18 Å². The van der Waals surface area contributed by atoms with E-state index in [1.54, 1.807) is 30.3 Å². The molecule has 0 spiro atoms. The predicted molar refractivity (Wildman–Crippen MR) is 162 cm³/mol. The molecule has 45 heavy (non-hydrogen) atoms. The average molecular weight is 624 g/mol. The van der Waals surface area contributed by atoms with Crippen LogP contribution in [0.5, 0.6) is 0 Å². The van der Waals surface area contributed by atoms with Gasteiger partial charge in [0.1, 0.15) is 18.0 Å². The van der Waals surface area contributed by atoms with Gasteiger partial charge in [-0.3, -0.25) is 14.5 Å². The van der Waals surface area contributed by atoms with E-state index in [2.05, 4.69) is 41.2 Å². The topological polar surface area (TPSA) is 138 Å². The van der Waals surface area contributed by atoms with Crippen LogP contribution in [0.25, 0.3) is 5.82 Å². The summed E-state index contributed by atoms with van der Waals surface area (Å²) in [6, 6.07) is 12.5. The molecule has 1 aliphatic rings. The van der Waals surface area contributed by atoms with Crippen molar-refractivity contribution in [3.8, 4) is 5.82 Å². The molecule has 4 N–H and O–H groups in total. The van der Waals surface area contributed by atoms with Crippen LogP contribution in [0.1, 0.15) is 32.0 Å². The highest BCUT2D eigenvalue weighted by molar-refractivity contribution is 6.04. The van der Waals surface area contributed by atoms with E-state index in [9.17, 15) is 22.8 Å². The second-order valence-corrected chi connectivity index (χ2v) is 10.2. The maximum atomic E-state index is 13.2. The highest BCUT2D eigenvalue weighted by Gasteiger charge is 2.31. The van der Waals surface area contributed by atoms with Crippen molar-refractivity contribution in [3.63, 3.8) is 0 Å². The van der Waals surface area contributed by atoms with Crippen molar-refractivity contribution in [2.75, 3.05) is 62.4 Å². The molecule has 15 heteroatoms. The Kier molecular flexibility index (Phi) is 9.59. The van der Waals surface area contributed by atoms with Crippen LogP contribution in [0, 0.1) is 6.92 Å². The maximum Gasteiger partial charge on any atom is 0.416 e. The quantitative estimate of drug-likeness (QED) is 0.206. The minimum absolute atomic E-state index is 0.132. The summed E-state index contributed by atoms with van der Waals surface area (Å²) in [7, 11) is 1.50. The summed E-state index contributed by atoms with van der Waals surface area (Å²) < 4.78 is 46.3. The number of aryl methyl sites for hydroxylation is 1. The van der Waals surface area contributed by atoms with Crippen LogP contribution in [0.15, 0.2) is 60.9 Å². The van der Waals surface area contributed by atoms with Gasteiger partial charge < -0.3 is 26.0 Å². The number of hydrogen-bond acceptors (Lipinski definition) is 9. The number of nitrogens with one attached hydrogen (secondary N) is 4. The second kappa shape index (κ2) is 13.7. The summed E-state index contributed by atoms with van der Waals surface area (Å²) in [6.07, 6.45) is -3.18. The van der Waals surface area contributed by atoms with Crippen molar-refractivity contribution in [1.29, 1.82) is 0 Å². The van der Waals surface area contributed by atoms with Crippen molar-refractivity contribution < 1.29 is 27.5 Å². The molecule has 1 fully saturated rings. The van der Waals surface area contributed by atoms with Crippen LogP contribution in [-0.4, -0.2) is 82.9 Å². The Labute approximate surface area is 257 Å². The molecule has 0 aliphatic carbocycles. The lowest BCUT2D eigenvalue weighted by Gasteiger charge is -2.26. The number of morpholine rings is 1. The molecule has 0 radical (unpaired) electrons. The Morgan fingerprint density at radius 2 is 1.80 bits per heavy atom. The third kappa shape index (κ3) is 7.93. The fourth-order valence-corrected chi connectivity index (χ4v) is 4.62. The van der Waals surface area contributed by atoms with E-state index in [1.807, 2.05) is 6.92 Å². The van der Waals surface area contributed by atoms with Gasteiger partial charge in [-0.2, -0.15) is 23.0 Å². The zero-order chi connectivity index (χ0) is 32.0. The van der Waals surface area contributed by atoms with Crippen molar-refractivity contribution in [2.45, 2.75) is 13.1 Å². The van der Waals surface area contributed by atoms with Gasteiger partial charge in [-0.15, -0.1) is 0 Å². The van der Waals surface area contributed by atoms with E-state index in [-0.39, 0.29) is 11.3 Å². The SMILES string of the molecule is CNC(=O)c1cc(Nc2cc(NC(=O)c3cccc(C(F)(F)F)c3)ccc2C)n(-c2cc(NCCN3CCOCC3)ncn2)n1. The van der Waals surface area contributed by atoms with Crippen molar-refractivity contribution in [3.05, 3.63) is 83.3 Å². The highest BCUT2D eigenvalue weighted by atomic mass is 19.4.